The lowest BCUT2D eigenvalue weighted by atomic mass is 10.2. The van der Waals surface area contributed by atoms with Crippen LogP contribution in [0.4, 0.5) is 8.78 Å². The fraction of sp³-hybridized carbons (Fsp3) is 0.333. The molecule has 0 heterocycles. The van der Waals surface area contributed by atoms with Crippen LogP contribution in [0.3, 0.4) is 0 Å². The van der Waals surface area contributed by atoms with Crippen LogP contribution < -0.4 is 10.5 Å². The minimum atomic E-state index is -2.53. The Morgan fingerprint density at radius 1 is 1.25 bits per heavy atom. The molecule has 2 N–H and O–H groups in total. The Morgan fingerprint density at radius 2 is 1.75 bits per heavy atom. The van der Waals surface area contributed by atoms with Gasteiger partial charge in [0.05, 0.1) is 10.0 Å². The second-order valence-corrected chi connectivity index (χ2v) is 3.59. The van der Waals surface area contributed by atoms with Gasteiger partial charge in [-0.25, -0.2) is 8.78 Å². The molecule has 16 heavy (non-hydrogen) atoms. The molecule has 2 nitrogen and oxygen atoms in total. The van der Waals surface area contributed by atoms with Crippen LogP contribution >= 0.6 is 35.6 Å². The number of nitrogens with two attached hydrogens (primary N) is 1. The zero-order valence-corrected chi connectivity index (χ0v) is 10.4. The van der Waals surface area contributed by atoms with E-state index in [1.807, 2.05) is 0 Å². The predicted octanol–water partition coefficient (Wildman–Crippen LogP) is 3.52. The quantitative estimate of drug-likeness (QED) is 0.921. The molecule has 1 aromatic rings. The van der Waals surface area contributed by atoms with E-state index in [4.69, 9.17) is 33.7 Å². The summed E-state index contributed by atoms with van der Waals surface area (Å²) in [5, 5.41) is 0.628. The molecule has 0 aromatic heterocycles. The molecular formula is C9H10Cl3F2NO. The van der Waals surface area contributed by atoms with Gasteiger partial charge in [-0.1, -0.05) is 23.2 Å². The molecule has 7 heteroatoms. The van der Waals surface area contributed by atoms with Crippen molar-refractivity contribution in [2.45, 2.75) is 13.0 Å². The summed E-state index contributed by atoms with van der Waals surface area (Å²) in [7, 11) is 0. The second-order valence-electron chi connectivity index (χ2n) is 2.77. The van der Waals surface area contributed by atoms with Crippen molar-refractivity contribution in [3.63, 3.8) is 0 Å². The van der Waals surface area contributed by atoms with Crippen molar-refractivity contribution in [3.8, 4) is 5.75 Å². The largest absolute Gasteiger partial charge is 0.488 e. The average molecular weight is 293 g/mol. The Bertz CT molecular complexity index is 327. The predicted molar refractivity (Wildman–Crippen MR) is 63.1 cm³/mol. The van der Waals surface area contributed by atoms with Crippen molar-refractivity contribution in [1.29, 1.82) is 0 Å². The first-order valence-electron chi connectivity index (χ1n) is 4.13. The summed E-state index contributed by atoms with van der Waals surface area (Å²) in [6.45, 7) is -0.499. The standard InChI is InChI=1S/C9H9Cl2F2NO.ClH/c10-7-1-5(15-4-9(12)13)2-8(11)6(7)3-14;/h1-2,9H,3-4,14H2;1H. The van der Waals surface area contributed by atoms with Gasteiger partial charge in [0.15, 0.2) is 0 Å². The third kappa shape index (κ3) is 4.29. The van der Waals surface area contributed by atoms with E-state index in [2.05, 4.69) is 0 Å². The van der Waals surface area contributed by atoms with Crippen LogP contribution in [0.2, 0.25) is 10.0 Å². The van der Waals surface area contributed by atoms with Gasteiger partial charge in [-0.2, -0.15) is 0 Å². The van der Waals surface area contributed by atoms with Crippen LogP contribution in [0, 0.1) is 0 Å². The van der Waals surface area contributed by atoms with Gasteiger partial charge in [0.2, 0.25) is 0 Å². The van der Waals surface area contributed by atoms with Gasteiger partial charge < -0.3 is 10.5 Å². The lowest BCUT2D eigenvalue weighted by Gasteiger charge is -2.09. The van der Waals surface area contributed by atoms with Crippen molar-refractivity contribution in [2.24, 2.45) is 5.73 Å². The summed E-state index contributed by atoms with van der Waals surface area (Å²) in [5.41, 5.74) is 5.97. The van der Waals surface area contributed by atoms with E-state index in [1.165, 1.54) is 12.1 Å². The molecule has 0 aliphatic heterocycles. The second kappa shape index (κ2) is 7.12. The third-order valence-corrected chi connectivity index (χ3v) is 2.37. The van der Waals surface area contributed by atoms with E-state index < -0.39 is 13.0 Å². The highest BCUT2D eigenvalue weighted by Gasteiger charge is 2.09. The van der Waals surface area contributed by atoms with Gasteiger partial charge in [0.1, 0.15) is 12.4 Å². The summed E-state index contributed by atoms with van der Waals surface area (Å²) in [4.78, 5) is 0. The number of hydrogen-bond acceptors (Lipinski definition) is 2. The van der Waals surface area contributed by atoms with Gasteiger partial charge in [-0.3, -0.25) is 0 Å². The molecular weight excluding hydrogens is 282 g/mol. The Kier molecular flexibility index (Phi) is 6.99. The van der Waals surface area contributed by atoms with Crippen LogP contribution in [-0.4, -0.2) is 13.0 Å². The molecule has 0 saturated heterocycles. The van der Waals surface area contributed by atoms with E-state index in [0.717, 1.165) is 0 Å². The van der Waals surface area contributed by atoms with E-state index in [-0.39, 0.29) is 24.7 Å². The van der Waals surface area contributed by atoms with Crippen molar-refractivity contribution >= 4 is 35.6 Å². The SMILES string of the molecule is Cl.NCc1c(Cl)cc(OCC(F)F)cc1Cl. The first kappa shape index (κ1) is 15.7. The van der Waals surface area contributed by atoms with Crippen molar-refractivity contribution in [2.75, 3.05) is 6.61 Å². The van der Waals surface area contributed by atoms with Crippen molar-refractivity contribution in [3.05, 3.63) is 27.7 Å². The van der Waals surface area contributed by atoms with Crippen LogP contribution in [0.5, 0.6) is 5.75 Å². The van der Waals surface area contributed by atoms with E-state index in [0.29, 0.717) is 15.6 Å². The molecule has 0 aliphatic rings. The lowest BCUT2D eigenvalue weighted by molar-refractivity contribution is 0.0819. The molecule has 0 atom stereocenters. The molecule has 1 rings (SSSR count). The number of halogens is 5. The highest BCUT2D eigenvalue weighted by molar-refractivity contribution is 6.36. The maximum Gasteiger partial charge on any atom is 0.272 e. The van der Waals surface area contributed by atoms with Gasteiger partial charge in [0, 0.05) is 12.1 Å². The Labute approximate surface area is 108 Å². The number of ether oxygens (including phenoxy) is 1. The number of rotatable bonds is 4. The molecule has 0 radical (unpaired) electrons. The normalized spacial score (nSPS) is 10.1. The van der Waals surface area contributed by atoms with E-state index in [9.17, 15) is 8.78 Å². The summed E-state index contributed by atoms with van der Waals surface area (Å²) in [5.74, 6) is 0.211. The summed E-state index contributed by atoms with van der Waals surface area (Å²) in [6.07, 6.45) is -2.53. The van der Waals surface area contributed by atoms with E-state index >= 15 is 0 Å². The highest BCUT2D eigenvalue weighted by atomic mass is 35.5. The topological polar surface area (TPSA) is 35.2 Å². The molecule has 0 saturated carbocycles. The van der Waals surface area contributed by atoms with Crippen LogP contribution in [0.25, 0.3) is 0 Å². The molecule has 0 unspecified atom stereocenters. The molecule has 0 aliphatic carbocycles. The number of alkyl halides is 2. The zero-order chi connectivity index (χ0) is 11.4. The summed E-state index contributed by atoms with van der Waals surface area (Å²) >= 11 is 11.6. The van der Waals surface area contributed by atoms with Gasteiger partial charge >= 0.3 is 0 Å². The number of benzene rings is 1. The van der Waals surface area contributed by atoms with Gasteiger partial charge in [-0.15, -0.1) is 12.4 Å². The van der Waals surface area contributed by atoms with Gasteiger partial charge in [-0.05, 0) is 12.1 Å². The average Bonchev–Trinajstić information content (AvgIpc) is 2.14. The smallest absolute Gasteiger partial charge is 0.272 e. The van der Waals surface area contributed by atoms with Gasteiger partial charge in [0.25, 0.3) is 6.43 Å². The molecule has 0 bridgehead atoms. The molecule has 0 amide bonds. The Balaban J connectivity index is 0.00000225. The first-order valence-corrected chi connectivity index (χ1v) is 4.89. The van der Waals surface area contributed by atoms with Crippen molar-refractivity contribution in [1.82, 2.24) is 0 Å². The summed E-state index contributed by atoms with van der Waals surface area (Å²) in [6, 6.07) is 2.83. The molecule has 0 fully saturated rings. The van der Waals surface area contributed by atoms with Crippen LogP contribution in [0.1, 0.15) is 5.56 Å². The fourth-order valence-electron chi connectivity index (χ4n) is 1.02. The molecule has 92 valence electrons. The van der Waals surface area contributed by atoms with Crippen molar-refractivity contribution < 1.29 is 13.5 Å². The maximum atomic E-state index is 11.9. The molecule has 0 spiro atoms. The third-order valence-electron chi connectivity index (χ3n) is 1.69. The Morgan fingerprint density at radius 3 is 2.12 bits per heavy atom. The van der Waals surface area contributed by atoms with E-state index in [1.54, 1.807) is 0 Å². The monoisotopic (exact) mass is 291 g/mol. The number of hydrogen-bond donors (Lipinski definition) is 1. The minimum absolute atomic E-state index is 0. The van der Waals surface area contributed by atoms with Crippen LogP contribution in [0.15, 0.2) is 12.1 Å². The fourth-order valence-corrected chi connectivity index (χ4v) is 1.64. The first-order chi connectivity index (χ1) is 7.04. The lowest BCUT2D eigenvalue weighted by Crippen LogP contribution is -2.07. The molecule has 1 aromatic carbocycles. The zero-order valence-electron chi connectivity index (χ0n) is 8.05. The summed E-state index contributed by atoms with van der Waals surface area (Å²) < 4.78 is 28.5. The Hall–Kier alpha value is -0.290. The maximum absolute atomic E-state index is 11.9. The highest BCUT2D eigenvalue weighted by Crippen LogP contribution is 2.30. The minimum Gasteiger partial charge on any atom is -0.488 e. The van der Waals surface area contributed by atoms with Crippen LogP contribution in [-0.2, 0) is 6.54 Å².